The molecule has 138 valence electrons. The molecule has 0 saturated heterocycles. The molecule has 2 aromatic carbocycles. The van der Waals surface area contributed by atoms with Gasteiger partial charge in [0.05, 0.1) is 30.3 Å². The number of aryl methyl sites for hydroxylation is 1. The average molecular weight is 382 g/mol. The normalized spacial score (nSPS) is 22.9. The van der Waals surface area contributed by atoms with Crippen LogP contribution in [0.25, 0.3) is 5.69 Å². The number of nitrogens with zero attached hydrogens (tertiary/aromatic N) is 2. The van der Waals surface area contributed by atoms with Crippen LogP contribution in [-0.4, -0.2) is 23.0 Å². The minimum Gasteiger partial charge on any atom is -0.491 e. The van der Waals surface area contributed by atoms with E-state index in [9.17, 15) is 0 Å². The van der Waals surface area contributed by atoms with Gasteiger partial charge in [-0.25, -0.2) is 4.68 Å². The maximum absolute atomic E-state index is 6.20. The van der Waals surface area contributed by atoms with Crippen molar-refractivity contribution in [2.24, 2.45) is 5.92 Å². The third-order valence-electron chi connectivity index (χ3n) is 5.86. The van der Waals surface area contributed by atoms with Crippen molar-refractivity contribution in [3.05, 3.63) is 64.3 Å². The van der Waals surface area contributed by atoms with Crippen molar-refractivity contribution in [2.45, 2.75) is 19.3 Å². The molecule has 1 aromatic heterocycles. The zero-order valence-electron chi connectivity index (χ0n) is 15.2. The molecule has 6 heteroatoms. The van der Waals surface area contributed by atoms with E-state index in [0.717, 1.165) is 34.1 Å². The van der Waals surface area contributed by atoms with E-state index in [1.54, 1.807) is 0 Å². The molecule has 2 N–H and O–H groups in total. The second kappa shape index (κ2) is 5.67. The Morgan fingerprint density at radius 1 is 1.19 bits per heavy atom. The van der Waals surface area contributed by atoms with Crippen LogP contribution >= 0.6 is 11.6 Å². The lowest BCUT2D eigenvalue weighted by atomic mass is 9.65. The number of hydrogen-bond donors (Lipinski definition) is 1. The first kappa shape index (κ1) is 16.5. The van der Waals surface area contributed by atoms with Crippen LogP contribution in [0.3, 0.4) is 0 Å². The Morgan fingerprint density at radius 2 is 1.96 bits per heavy atom. The van der Waals surface area contributed by atoms with Crippen LogP contribution in [-0.2, 0) is 5.41 Å². The molecule has 0 bridgehead atoms. The molecular formula is C21H20ClN3O2. The van der Waals surface area contributed by atoms with Gasteiger partial charge in [0.15, 0.2) is 0 Å². The summed E-state index contributed by atoms with van der Waals surface area (Å²) in [5.74, 6) is 1.73. The summed E-state index contributed by atoms with van der Waals surface area (Å²) in [6, 6.07) is 13.6. The minimum atomic E-state index is -0.280. The van der Waals surface area contributed by atoms with E-state index in [-0.39, 0.29) is 11.3 Å². The maximum atomic E-state index is 6.20. The number of halogens is 1. The molecule has 0 amide bonds. The second-order valence-electron chi connectivity index (χ2n) is 7.40. The fourth-order valence-corrected chi connectivity index (χ4v) is 4.63. The summed E-state index contributed by atoms with van der Waals surface area (Å²) in [6.07, 6.45) is 0. The van der Waals surface area contributed by atoms with Crippen LogP contribution in [0.15, 0.2) is 42.5 Å². The number of nitrogens with two attached hydrogens (primary N) is 1. The fraction of sp³-hybridized carbons (Fsp3) is 0.286. The third-order valence-corrected chi connectivity index (χ3v) is 6.10. The number of ether oxygens (including phenoxy) is 2. The second-order valence-corrected chi connectivity index (χ2v) is 7.84. The Kier molecular flexibility index (Phi) is 3.46. The monoisotopic (exact) mass is 381 g/mol. The predicted molar refractivity (Wildman–Crippen MR) is 105 cm³/mol. The number of para-hydroxylation sites is 1. The molecular weight excluding hydrogens is 362 g/mol. The zero-order valence-corrected chi connectivity index (χ0v) is 16.0. The Hall–Kier alpha value is -2.66. The van der Waals surface area contributed by atoms with Gasteiger partial charge in [-0.15, -0.1) is 0 Å². The van der Waals surface area contributed by atoms with Gasteiger partial charge in [-0.05, 0) is 31.2 Å². The summed E-state index contributed by atoms with van der Waals surface area (Å²) in [5.41, 5.74) is 10.6. The van der Waals surface area contributed by atoms with Crippen molar-refractivity contribution < 1.29 is 9.47 Å². The molecule has 0 unspecified atom stereocenters. The molecule has 0 fully saturated rings. The molecule has 5 nitrogen and oxygen atoms in total. The van der Waals surface area contributed by atoms with E-state index in [1.165, 1.54) is 0 Å². The Balaban J connectivity index is 1.76. The number of nitrogen functional groups attached to an aromatic ring is 1. The van der Waals surface area contributed by atoms with Gasteiger partial charge in [0.1, 0.15) is 5.75 Å². The van der Waals surface area contributed by atoms with Gasteiger partial charge in [0, 0.05) is 27.5 Å². The highest BCUT2D eigenvalue weighted by molar-refractivity contribution is 6.30. The van der Waals surface area contributed by atoms with E-state index in [4.69, 9.17) is 31.9 Å². The van der Waals surface area contributed by atoms with Crippen molar-refractivity contribution in [2.75, 3.05) is 18.9 Å². The van der Waals surface area contributed by atoms with E-state index in [2.05, 4.69) is 13.0 Å². The summed E-state index contributed by atoms with van der Waals surface area (Å²) in [4.78, 5) is 0. The van der Waals surface area contributed by atoms with Crippen LogP contribution in [0.2, 0.25) is 5.02 Å². The lowest BCUT2D eigenvalue weighted by Crippen LogP contribution is -2.47. The van der Waals surface area contributed by atoms with Crippen LogP contribution < -0.4 is 15.2 Å². The summed E-state index contributed by atoms with van der Waals surface area (Å²) in [6.45, 7) is 5.40. The quantitative estimate of drug-likeness (QED) is 0.644. The Bertz CT molecular complexity index is 1060. The molecule has 0 radical (unpaired) electrons. The minimum absolute atomic E-state index is 0.190. The molecule has 27 heavy (non-hydrogen) atoms. The number of benzene rings is 2. The van der Waals surface area contributed by atoms with Crippen molar-refractivity contribution in [3.63, 3.8) is 0 Å². The van der Waals surface area contributed by atoms with Gasteiger partial charge < -0.3 is 15.2 Å². The molecule has 3 heterocycles. The largest absolute Gasteiger partial charge is 0.491 e. The fourth-order valence-electron chi connectivity index (χ4n) is 4.45. The molecule has 2 aliphatic heterocycles. The van der Waals surface area contributed by atoms with E-state index in [1.807, 2.05) is 48.0 Å². The number of fused-ring (bicyclic) bond motifs is 5. The topological polar surface area (TPSA) is 62.3 Å². The van der Waals surface area contributed by atoms with E-state index in [0.29, 0.717) is 23.9 Å². The van der Waals surface area contributed by atoms with Crippen molar-refractivity contribution in [3.8, 4) is 17.3 Å². The number of aromatic nitrogens is 2. The molecule has 0 saturated carbocycles. The molecule has 5 rings (SSSR count). The summed E-state index contributed by atoms with van der Waals surface area (Å²) < 4.78 is 14.0. The van der Waals surface area contributed by atoms with Crippen molar-refractivity contribution in [1.29, 1.82) is 0 Å². The van der Waals surface area contributed by atoms with Gasteiger partial charge in [-0.3, -0.25) is 0 Å². The maximum Gasteiger partial charge on any atom is 0.221 e. The highest BCUT2D eigenvalue weighted by Crippen LogP contribution is 2.54. The third kappa shape index (κ3) is 2.21. The molecule has 0 aliphatic carbocycles. The summed E-state index contributed by atoms with van der Waals surface area (Å²) >= 11 is 6.19. The van der Waals surface area contributed by atoms with Crippen molar-refractivity contribution >= 4 is 17.3 Å². The van der Waals surface area contributed by atoms with Crippen LogP contribution in [0.4, 0.5) is 5.69 Å². The standard InChI is InChI=1S/C21H20ClN3O2/c1-12-18-20(25(24-12)15-6-3-5-14(22)9-15)27-11-13-10-26-19-16(21(13,18)2)7-4-8-17(19)23/h3-9,13H,10-11,23H2,1-2H3/t13-,21+/m1/s1. The van der Waals surface area contributed by atoms with Crippen LogP contribution in [0.1, 0.15) is 23.7 Å². The van der Waals surface area contributed by atoms with Crippen LogP contribution in [0.5, 0.6) is 11.6 Å². The smallest absolute Gasteiger partial charge is 0.221 e. The molecule has 2 atom stereocenters. The Labute approximate surface area is 162 Å². The van der Waals surface area contributed by atoms with Crippen molar-refractivity contribution in [1.82, 2.24) is 9.78 Å². The first-order chi connectivity index (χ1) is 13.0. The van der Waals surface area contributed by atoms with E-state index < -0.39 is 0 Å². The van der Waals surface area contributed by atoms with Gasteiger partial charge in [0.2, 0.25) is 5.88 Å². The number of rotatable bonds is 1. The lowest BCUT2D eigenvalue weighted by Gasteiger charge is -2.45. The molecule has 2 aliphatic rings. The summed E-state index contributed by atoms with van der Waals surface area (Å²) in [5, 5.41) is 5.46. The van der Waals surface area contributed by atoms with E-state index >= 15 is 0 Å². The first-order valence-corrected chi connectivity index (χ1v) is 9.38. The highest BCUT2D eigenvalue weighted by atomic mass is 35.5. The average Bonchev–Trinajstić information content (AvgIpc) is 3.00. The Morgan fingerprint density at radius 3 is 2.78 bits per heavy atom. The predicted octanol–water partition coefficient (Wildman–Crippen LogP) is 4.12. The first-order valence-electron chi connectivity index (χ1n) is 9.00. The van der Waals surface area contributed by atoms with Gasteiger partial charge in [-0.2, -0.15) is 5.10 Å². The number of anilines is 1. The molecule has 3 aromatic rings. The summed E-state index contributed by atoms with van der Waals surface area (Å²) in [7, 11) is 0. The molecule has 0 spiro atoms. The van der Waals surface area contributed by atoms with Gasteiger partial charge >= 0.3 is 0 Å². The number of hydrogen-bond acceptors (Lipinski definition) is 4. The van der Waals surface area contributed by atoms with Gasteiger partial charge in [0.25, 0.3) is 0 Å². The SMILES string of the molecule is Cc1nn(-c2cccc(Cl)c2)c2c1[C@]1(C)c3cccc(N)c3OC[C@@H]1CO2. The lowest BCUT2D eigenvalue weighted by molar-refractivity contribution is 0.0831. The highest BCUT2D eigenvalue weighted by Gasteiger charge is 2.51. The zero-order chi connectivity index (χ0) is 18.8. The van der Waals surface area contributed by atoms with Crippen LogP contribution in [0, 0.1) is 12.8 Å². The van der Waals surface area contributed by atoms with Gasteiger partial charge in [-0.1, -0.05) is 36.7 Å².